The van der Waals surface area contributed by atoms with Crippen molar-refractivity contribution in [3.8, 4) is 0 Å². The molecule has 1 amide bonds. The standard InChI is InChI=1S/C32H61N2O7P/c1-3-5-7-9-11-13-15-17-19-21-23-29(35)27-32(37)34-30(28-41-42(38,39)40-26-25-33)31(36)24-22-20-18-16-14-12-10-8-6-4-2/h6,8,14,16,22,24,29-31,35-36H,3-5,7,9-13,15,17-21,23,25-28,33H2,1-2H3,(H,34,37)(H,38,39)/b8-6+,16-14+,24-22+. The van der Waals surface area contributed by atoms with E-state index in [0.717, 1.165) is 44.9 Å². The first kappa shape index (κ1) is 40.7. The number of hydrogen-bond acceptors (Lipinski definition) is 7. The van der Waals surface area contributed by atoms with Crippen molar-refractivity contribution in [2.45, 2.75) is 141 Å². The average Bonchev–Trinajstić information content (AvgIpc) is 2.96. The Morgan fingerprint density at radius 1 is 0.833 bits per heavy atom. The van der Waals surface area contributed by atoms with Crippen LogP contribution in [0.1, 0.15) is 123 Å². The van der Waals surface area contributed by atoms with Crippen molar-refractivity contribution in [3.63, 3.8) is 0 Å². The molecule has 4 atom stereocenters. The van der Waals surface area contributed by atoms with Crippen LogP contribution in [0.25, 0.3) is 0 Å². The minimum absolute atomic E-state index is 0.0419. The van der Waals surface area contributed by atoms with E-state index in [4.69, 9.17) is 14.8 Å². The van der Waals surface area contributed by atoms with E-state index < -0.39 is 38.6 Å². The molecular formula is C32H61N2O7P. The summed E-state index contributed by atoms with van der Waals surface area (Å²) in [7, 11) is -4.39. The molecule has 4 unspecified atom stereocenters. The molecule has 0 radical (unpaired) electrons. The van der Waals surface area contributed by atoms with Crippen LogP contribution >= 0.6 is 7.82 Å². The van der Waals surface area contributed by atoms with E-state index in [1.54, 1.807) is 6.08 Å². The summed E-state index contributed by atoms with van der Waals surface area (Å²) in [5.74, 6) is -0.466. The van der Waals surface area contributed by atoms with Crippen molar-refractivity contribution in [1.29, 1.82) is 0 Å². The van der Waals surface area contributed by atoms with Crippen LogP contribution in [-0.2, 0) is 18.4 Å². The topological polar surface area (TPSA) is 151 Å². The normalized spacial score (nSPS) is 15.9. The number of nitrogens with one attached hydrogen (secondary N) is 1. The summed E-state index contributed by atoms with van der Waals surface area (Å²) in [5, 5.41) is 23.7. The molecule has 246 valence electrons. The Balaban J connectivity index is 4.62. The van der Waals surface area contributed by atoms with Gasteiger partial charge < -0.3 is 26.2 Å². The quantitative estimate of drug-likeness (QED) is 0.0357. The highest BCUT2D eigenvalue weighted by atomic mass is 31.2. The van der Waals surface area contributed by atoms with Crippen LogP contribution < -0.4 is 11.1 Å². The number of nitrogens with two attached hydrogens (primary N) is 1. The Morgan fingerprint density at radius 3 is 1.95 bits per heavy atom. The highest BCUT2D eigenvalue weighted by molar-refractivity contribution is 7.47. The van der Waals surface area contributed by atoms with Gasteiger partial charge in [-0.1, -0.05) is 115 Å². The van der Waals surface area contributed by atoms with E-state index >= 15 is 0 Å². The van der Waals surface area contributed by atoms with Crippen LogP contribution in [0.2, 0.25) is 0 Å². The molecular weight excluding hydrogens is 555 g/mol. The summed E-state index contributed by atoms with van der Waals surface area (Å²) in [4.78, 5) is 22.5. The van der Waals surface area contributed by atoms with E-state index in [1.165, 1.54) is 51.0 Å². The third-order valence-corrected chi connectivity index (χ3v) is 7.75. The molecule has 0 spiro atoms. The molecule has 0 fully saturated rings. The molecule has 0 aromatic rings. The summed E-state index contributed by atoms with van der Waals surface area (Å²) in [6.45, 7) is 3.76. The van der Waals surface area contributed by atoms with Crippen LogP contribution in [0.3, 0.4) is 0 Å². The van der Waals surface area contributed by atoms with Crippen molar-refractivity contribution in [2.24, 2.45) is 5.73 Å². The first-order chi connectivity index (χ1) is 20.3. The zero-order valence-electron chi connectivity index (χ0n) is 26.3. The number of aliphatic hydroxyl groups is 2. The number of amides is 1. The minimum Gasteiger partial charge on any atom is -0.393 e. The lowest BCUT2D eigenvalue weighted by atomic mass is 10.0. The monoisotopic (exact) mass is 616 g/mol. The second kappa shape index (κ2) is 28.5. The number of phosphoric ester groups is 1. The maximum absolute atomic E-state index is 12.6. The Labute approximate surface area is 255 Å². The predicted octanol–water partition coefficient (Wildman–Crippen LogP) is 6.63. The molecule has 0 aromatic carbocycles. The van der Waals surface area contributed by atoms with Gasteiger partial charge in [-0.2, -0.15) is 0 Å². The van der Waals surface area contributed by atoms with Crippen molar-refractivity contribution in [3.05, 3.63) is 36.5 Å². The fourth-order valence-electron chi connectivity index (χ4n) is 4.33. The van der Waals surface area contributed by atoms with Crippen molar-refractivity contribution in [2.75, 3.05) is 19.8 Å². The summed E-state index contributed by atoms with van der Waals surface area (Å²) >= 11 is 0. The van der Waals surface area contributed by atoms with Crippen molar-refractivity contribution >= 4 is 13.7 Å². The van der Waals surface area contributed by atoms with Gasteiger partial charge in [0.05, 0.1) is 37.9 Å². The molecule has 0 aliphatic heterocycles. The smallest absolute Gasteiger partial charge is 0.393 e. The third kappa shape index (κ3) is 26.3. The highest BCUT2D eigenvalue weighted by Gasteiger charge is 2.27. The predicted molar refractivity (Wildman–Crippen MR) is 172 cm³/mol. The van der Waals surface area contributed by atoms with Gasteiger partial charge in [-0.15, -0.1) is 0 Å². The first-order valence-electron chi connectivity index (χ1n) is 16.2. The molecule has 0 aromatic heterocycles. The number of phosphoric acid groups is 1. The number of carbonyl (C=O) groups is 1. The molecule has 42 heavy (non-hydrogen) atoms. The van der Waals surface area contributed by atoms with Crippen molar-refractivity contribution < 1.29 is 33.5 Å². The number of rotatable bonds is 29. The van der Waals surface area contributed by atoms with Gasteiger partial charge in [-0.3, -0.25) is 13.8 Å². The van der Waals surface area contributed by atoms with Crippen LogP contribution in [-0.4, -0.2) is 59.0 Å². The lowest BCUT2D eigenvalue weighted by Crippen LogP contribution is -2.46. The summed E-state index contributed by atoms with van der Waals surface area (Å²) in [6.07, 6.45) is 26.8. The number of unbranched alkanes of at least 4 members (excludes halogenated alkanes) is 11. The molecule has 0 heterocycles. The van der Waals surface area contributed by atoms with Crippen LogP contribution in [0.5, 0.6) is 0 Å². The van der Waals surface area contributed by atoms with Gasteiger partial charge in [0.15, 0.2) is 0 Å². The maximum Gasteiger partial charge on any atom is 0.472 e. The molecule has 9 nitrogen and oxygen atoms in total. The lowest BCUT2D eigenvalue weighted by Gasteiger charge is -2.24. The SMILES string of the molecule is CC/C=C/CC/C=C/CC/C=C/C(O)C(COP(=O)(O)OCCN)NC(=O)CC(O)CCCCCCCCCCCC. The number of aliphatic hydroxyl groups excluding tert-OH is 2. The molecule has 0 aliphatic carbocycles. The Bertz CT molecular complexity index is 776. The Hall–Kier alpha value is -1.32. The molecule has 0 saturated carbocycles. The van der Waals surface area contributed by atoms with Crippen molar-refractivity contribution in [1.82, 2.24) is 5.32 Å². The van der Waals surface area contributed by atoms with Gasteiger partial charge in [-0.05, 0) is 38.5 Å². The molecule has 0 rings (SSSR count). The second-order valence-electron chi connectivity index (χ2n) is 10.8. The Kier molecular flexibility index (Phi) is 27.6. The summed E-state index contributed by atoms with van der Waals surface area (Å²) in [5.41, 5.74) is 5.31. The van der Waals surface area contributed by atoms with E-state index in [1.807, 2.05) is 0 Å². The lowest BCUT2D eigenvalue weighted by molar-refractivity contribution is -0.124. The second-order valence-corrected chi connectivity index (χ2v) is 12.3. The molecule has 6 N–H and O–H groups in total. The average molecular weight is 617 g/mol. The zero-order chi connectivity index (χ0) is 31.3. The van der Waals surface area contributed by atoms with E-state index in [0.29, 0.717) is 12.8 Å². The van der Waals surface area contributed by atoms with E-state index in [2.05, 4.69) is 43.5 Å². The van der Waals surface area contributed by atoms with E-state index in [9.17, 15) is 24.5 Å². The van der Waals surface area contributed by atoms with Gasteiger partial charge in [0, 0.05) is 6.54 Å². The molecule has 0 aliphatic rings. The van der Waals surface area contributed by atoms with Crippen LogP contribution in [0.4, 0.5) is 0 Å². The fraction of sp³-hybridized carbons (Fsp3) is 0.781. The minimum atomic E-state index is -4.39. The van der Waals surface area contributed by atoms with Gasteiger partial charge >= 0.3 is 7.82 Å². The summed E-state index contributed by atoms with van der Waals surface area (Å²) < 4.78 is 21.8. The van der Waals surface area contributed by atoms with Gasteiger partial charge in [-0.25, -0.2) is 4.57 Å². The maximum atomic E-state index is 12.6. The molecule has 0 bridgehead atoms. The number of carbonyl (C=O) groups excluding carboxylic acids is 1. The number of allylic oxidation sites excluding steroid dienone is 5. The van der Waals surface area contributed by atoms with Gasteiger partial charge in [0.2, 0.25) is 5.91 Å². The van der Waals surface area contributed by atoms with Gasteiger partial charge in [0.25, 0.3) is 0 Å². The third-order valence-electron chi connectivity index (χ3n) is 6.76. The van der Waals surface area contributed by atoms with Crippen LogP contribution in [0, 0.1) is 0 Å². The fourth-order valence-corrected chi connectivity index (χ4v) is 5.09. The molecule has 10 heteroatoms. The zero-order valence-corrected chi connectivity index (χ0v) is 27.2. The van der Waals surface area contributed by atoms with Gasteiger partial charge in [0.1, 0.15) is 0 Å². The molecule has 0 saturated heterocycles. The first-order valence-corrected chi connectivity index (χ1v) is 17.7. The van der Waals surface area contributed by atoms with E-state index in [-0.39, 0.29) is 19.6 Å². The number of hydrogen-bond donors (Lipinski definition) is 5. The van der Waals surface area contributed by atoms with Crippen LogP contribution in [0.15, 0.2) is 36.5 Å². The highest BCUT2D eigenvalue weighted by Crippen LogP contribution is 2.43. The summed E-state index contributed by atoms with van der Waals surface area (Å²) in [6, 6.07) is -0.999. The Morgan fingerprint density at radius 2 is 1.38 bits per heavy atom. The largest absolute Gasteiger partial charge is 0.472 e.